The molecule has 4 heteroatoms. The fraction of sp³-hybridized carbons (Fsp3) is 0.154. The average Bonchev–Trinajstić information content (AvgIpc) is 2.79. The van der Waals surface area contributed by atoms with Crippen molar-refractivity contribution in [3.8, 4) is 0 Å². The van der Waals surface area contributed by atoms with Gasteiger partial charge in [-0.15, -0.1) is 0 Å². The van der Waals surface area contributed by atoms with Crippen LogP contribution in [0.25, 0.3) is 5.57 Å². The Morgan fingerprint density at radius 2 is 1.33 bits per heavy atom. The van der Waals surface area contributed by atoms with E-state index in [1.54, 1.807) is 30.3 Å². The summed E-state index contributed by atoms with van der Waals surface area (Å²) in [7, 11) is -3.53. The molecule has 0 bridgehead atoms. The third-order valence-electron chi connectivity index (χ3n) is 4.66. The Bertz CT molecular complexity index is 1030. The van der Waals surface area contributed by atoms with Crippen molar-refractivity contribution in [3.05, 3.63) is 120 Å². The zero-order valence-corrected chi connectivity index (χ0v) is 17.8. The number of sulfone groups is 1. The van der Waals surface area contributed by atoms with Gasteiger partial charge in [-0.3, -0.25) is 0 Å². The highest BCUT2D eigenvalue weighted by Crippen LogP contribution is 2.25. The molecule has 0 radical (unpaired) electrons. The Morgan fingerprint density at radius 1 is 0.833 bits per heavy atom. The molecule has 154 valence electrons. The van der Waals surface area contributed by atoms with E-state index in [1.165, 1.54) is 6.26 Å². The highest BCUT2D eigenvalue weighted by molar-refractivity contribution is 7.94. The van der Waals surface area contributed by atoms with E-state index in [0.29, 0.717) is 0 Å². The first kappa shape index (κ1) is 21.6. The Labute approximate surface area is 179 Å². The van der Waals surface area contributed by atoms with Gasteiger partial charge in [-0.05, 0) is 41.3 Å². The maximum Gasteiger partial charge on any atom is 0.202 e. The van der Waals surface area contributed by atoms with Crippen LogP contribution in [0.1, 0.15) is 30.9 Å². The zero-order chi connectivity index (χ0) is 21.2. The van der Waals surface area contributed by atoms with Crippen LogP contribution in [0.15, 0.2) is 114 Å². The normalized spacial score (nSPS) is 12.4. The van der Waals surface area contributed by atoms with Crippen molar-refractivity contribution in [3.63, 3.8) is 0 Å². The molecule has 0 aliphatic carbocycles. The van der Waals surface area contributed by atoms with Crippen molar-refractivity contribution >= 4 is 15.4 Å². The number of hydrogen-bond donors (Lipinski definition) is 0. The van der Waals surface area contributed by atoms with Crippen molar-refractivity contribution in [2.45, 2.75) is 30.8 Å². The second kappa shape index (κ2) is 10.6. The lowest BCUT2D eigenvalue weighted by Crippen LogP contribution is -2.08. The summed E-state index contributed by atoms with van der Waals surface area (Å²) in [4.78, 5) is 0.252. The van der Waals surface area contributed by atoms with Crippen LogP contribution in [0.3, 0.4) is 0 Å². The lowest BCUT2D eigenvalue weighted by atomic mass is 9.95. The largest absolute Gasteiger partial charge is 0.493 e. The smallest absolute Gasteiger partial charge is 0.202 e. The van der Waals surface area contributed by atoms with E-state index in [0.717, 1.165) is 34.9 Å². The zero-order valence-electron chi connectivity index (χ0n) is 17.0. The summed E-state index contributed by atoms with van der Waals surface area (Å²) in [5.41, 5.74) is 3.25. The number of hydrogen-bond acceptors (Lipinski definition) is 3. The summed E-state index contributed by atoms with van der Waals surface area (Å²) in [6, 6.07) is 28.6. The van der Waals surface area contributed by atoms with Gasteiger partial charge in [-0.2, -0.15) is 0 Å². The summed E-state index contributed by atoms with van der Waals surface area (Å²) in [5, 5.41) is 1.13. The van der Waals surface area contributed by atoms with E-state index in [2.05, 4.69) is 37.3 Å². The second-order valence-corrected chi connectivity index (χ2v) is 8.74. The molecule has 0 aliphatic rings. The van der Waals surface area contributed by atoms with Crippen LogP contribution >= 0.6 is 0 Å². The Balaban J connectivity index is 1.87. The molecular weight excluding hydrogens is 392 g/mol. The van der Waals surface area contributed by atoms with E-state index >= 15 is 0 Å². The molecule has 0 saturated carbocycles. The van der Waals surface area contributed by atoms with Crippen molar-refractivity contribution < 1.29 is 13.2 Å². The molecule has 0 N–H and O–H groups in total. The molecule has 1 atom stereocenters. The van der Waals surface area contributed by atoms with Gasteiger partial charge in [0.15, 0.2) is 0 Å². The van der Waals surface area contributed by atoms with Gasteiger partial charge < -0.3 is 4.74 Å². The highest BCUT2D eigenvalue weighted by Gasteiger charge is 2.12. The lowest BCUT2D eigenvalue weighted by molar-refractivity contribution is 0.178. The number of benzene rings is 3. The van der Waals surface area contributed by atoms with E-state index in [9.17, 15) is 8.42 Å². The van der Waals surface area contributed by atoms with Gasteiger partial charge in [0.25, 0.3) is 0 Å². The minimum atomic E-state index is -3.53. The number of rotatable bonds is 9. The molecule has 1 unspecified atom stereocenters. The topological polar surface area (TPSA) is 43.4 Å². The van der Waals surface area contributed by atoms with Crippen LogP contribution in [-0.4, -0.2) is 14.5 Å². The van der Waals surface area contributed by atoms with Crippen LogP contribution < -0.4 is 0 Å². The van der Waals surface area contributed by atoms with Gasteiger partial charge in [-0.25, -0.2) is 8.42 Å². The molecule has 3 aromatic carbocycles. The van der Waals surface area contributed by atoms with Gasteiger partial charge in [0.1, 0.15) is 6.10 Å². The molecule has 0 amide bonds. The van der Waals surface area contributed by atoms with Gasteiger partial charge in [-0.1, -0.05) is 92.2 Å². The Kier molecular flexibility index (Phi) is 7.63. The SMILES string of the molecule is CCCC(C=C(c1ccccc1)c1ccccc1)O/C=C\S(=O)(=O)c1ccccc1. The van der Waals surface area contributed by atoms with Gasteiger partial charge >= 0.3 is 0 Å². The predicted octanol–water partition coefficient (Wildman–Crippen LogP) is 6.25. The second-order valence-electron chi connectivity index (χ2n) is 6.91. The maximum absolute atomic E-state index is 12.5. The van der Waals surface area contributed by atoms with Crippen LogP contribution in [0.5, 0.6) is 0 Å². The number of ether oxygens (including phenoxy) is 1. The van der Waals surface area contributed by atoms with Crippen LogP contribution in [0.2, 0.25) is 0 Å². The van der Waals surface area contributed by atoms with E-state index in [-0.39, 0.29) is 11.0 Å². The minimum absolute atomic E-state index is 0.243. The maximum atomic E-state index is 12.5. The molecule has 30 heavy (non-hydrogen) atoms. The first-order chi connectivity index (χ1) is 14.6. The highest BCUT2D eigenvalue weighted by atomic mass is 32.2. The lowest BCUT2D eigenvalue weighted by Gasteiger charge is -2.16. The molecule has 0 heterocycles. The average molecular weight is 419 g/mol. The van der Waals surface area contributed by atoms with Crippen LogP contribution in [0, 0.1) is 0 Å². The van der Waals surface area contributed by atoms with E-state index in [4.69, 9.17) is 4.74 Å². The van der Waals surface area contributed by atoms with E-state index < -0.39 is 9.84 Å². The summed E-state index contributed by atoms with van der Waals surface area (Å²) < 4.78 is 30.8. The first-order valence-electron chi connectivity index (χ1n) is 10.0. The molecular formula is C26H26O3S. The standard InChI is InChI=1S/C26H26O3S/c1-2-12-24(29-19-20-30(27,28)25-17-10-5-11-18-25)21-26(22-13-6-3-7-14-22)23-15-8-4-9-16-23/h3-11,13-21,24H,2,12H2,1H3/b20-19-. The summed E-state index contributed by atoms with van der Waals surface area (Å²) >= 11 is 0. The molecule has 0 spiro atoms. The van der Waals surface area contributed by atoms with Crippen LogP contribution in [-0.2, 0) is 14.6 Å². The Morgan fingerprint density at radius 3 is 1.83 bits per heavy atom. The Hall–Kier alpha value is -3.11. The van der Waals surface area contributed by atoms with Gasteiger partial charge in [0.2, 0.25) is 9.84 Å². The van der Waals surface area contributed by atoms with Crippen molar-refractivity contribution in [1.29, 1.82) is 0 Å². The third-order valence-corrected chi connectivity index (χ3v) is 6.05. The molecule has 0 fully saturated rings. The summed E-state index contributed by atoms with van der Waals surface area (Å²) in [5.74, 6) is 0. The fourth-order valence-electron chi connectivity index (χ4n) is 3.15. The molecule has 0 aliphatic heterocycles. The van der Waals surface area contributed by atoms with Gasteiger partial charge in [0.05, 0.1) is 16.6 Å². The monoisotopic (exact) mass is 418 g/mol. The summed E-state index contributed by atoms with van der Waals surface area (Å²) in [6.45, 7) is 2.08. The quantitative estimate of drug-likeness (QED) is 0.386. The fourth-order valence-corrected chi connectivity index (χ4v) is 4.05. The van der Waals surface area contributed by atoms with E-state index in [1.807, 2.05) is 36.4 Å². The molecule has 3 nitrogen and oxygen atoms in total. The van der Waals surface area contributed by atoms with Crippen molar-refractivity contribution in [2.24, 2.45) is 0 Å². The molecule has 3 aromatic rings. The van der Waals surface area contributed by atoms with Crippen LogP contribution in [0.4, 0.5) is 0 Å². The minimum Gasteiger partial charge on any atom is -0.493 e. The first-order valence-corrected chi connectivity index (χ1v) is 11.6. The summed E-state index contributed by atoms with van der Waals surface area (Å²) in [6.07, 6.45) is 4.82. The predicted molar refractivity (Wildman–Crippen MR) is 123 cm³/mol. The van der Waals surface area contributed by atoms with Crippen molar-refractivity contribution in [2.75, 3.05) is 0 Å². The van der Waals surface area contributed by atoms with Crippen molar-refractivity contribution in [1.82, 2.24) is 0 Å². The van der Waals surface area contributed by atoms with Gasteiger partial charge in [0, 0.05) is 0 Å². The third kappa shape index (κ3) is 5.94. The molecule has 0 aromatic heterocycles. The molecule has 3 rings (SSSR count). The molecule has 0 saturated heterocycles.